The number of rotatable bonds is 3. The Bertz CT molecular complexity index is 410. The van der Waals surface area contributed by atoms with Gasteiger partial charge in [0.25, 0.3) is 0 Å². The molecular formula is C11H11F3O2S. The molecule has 0 aliphatic rings. The lowest BCUT2D eigenvalue weighted by Gasteiger charge is -2.19. The maximum atomic E-state index is 12.1. The summed E-state index contributed by atoms with van der Waals surface area (Å²) in [6, 6.07) is 5.36. The average Bonchev–Trinajstić information content (AvgIpc) is 2.15. The molecule has 0 aliphatic heterocycles. The zero-order valence-electron chi connectivity index (χ0n) is 9.21. The van der Waals surface area contributed by atoms with E-state index in [9.17, 15) is 18.0 Å². The highest BCUT2D eigenvalue weighted by atomic mass is 32.2. The number of hydrogen-bond donors (Lipinski definition) is 1. The van der Waals surface area contributed by atoms with E-state index >= 15 is 0 Å². The number of thioether (sulfide) groups is 1. The number of carboxylic acids is 1. The molecule has 0 heterocycles. The zero-order chi connectivity index (χ0) is 13.3. The lowest BCUT2D eigenvalue weighted by atomic mass is 9.85. The smallest absolute Gasteiger partial charge is 0.446 e. The summed E-state index contributed by atoms with van der Waals surface area (Å²) in [5, 5.41) is 8.97. The number of alkyl halides is 3. The molecule has 0 radical (unpaired) electrons. The highest BCUT2D eigenvalue weighted by Gasteiger charge is 2.31. The van der Waals surface area contributed by atoms with Crippen molar-refractivity contribution in [3.05, 3.63) is 29.8 Å². The Morgan fingerprint density at radius 3 is 2.00 bits per heavy atom. The molecule has 17 heavy (non-hydrogen) atoms. The molecule has 2 nitrogen and oxygen atoms in total. The van der Waals surface area contributed by atoms with Crippen LogP contribution in [0.25, 0.3) is 0 Å². The molecule has 0 atom stereocenters. The Labute approximate surface area is 101 Å². The number of aliphatic carboxylic acids is 1. The van der Waals surface area contributed by atoms with Crippen molar-refractivity contribution in [1.29, 1.82) is 0 Å². The lowest BCUT2D eigenvalue weighted by Crippen LogP contribution is -2.28. The van der Waals surface area contributed by atoms with Crippen LogP contribution in [0.1, 0.15) is 19.4 Å². The minimum absolute atomic E-state index is 0.0439. The SMILES string of the molecule is CC(C)(C(=O)O)c1ccc(SC(F)(F)F)cc1. The average molecular weight is 264 g/mol. The van der Waals surface area contributed by atoms with Gasteiger partial charge in [0, 0.05) is 4.90 Å². The molecule has 1 N–H and O–H groups in total. The summed E-state index contributed by atoms with van der Waals surface area (Å²) in [5.41, 5.74) is -4.97. The molecule has 0 spiro atoms. The molecule has 0 saturated carbocycles. The number of halogens is 3. The largest absolute Gasteiger partial charge is 0.481 e. The molecule has 94 valence electrons. The first-order chi connectivity index (χ1) is 7.63. The Hall–Kier alpha value is -1.17. The van der Waals surface area contributed by atoms with Gasteiger partial charge >= 0.3 is 11.5 Å². The number of hydrogen-bond acceptors (Lipinski definition) is 2. The van der Waals surface area contributed by atoms with Crippen molar-refractivity contribution in [3.63, 3.8) is 0 Å². The van der Waals surface area contributed by atoms with Crippen LogP contribution in [0.4, 0.5) is 13.2 Å². The van der Waals surface area contributed by atoms with Gasteiger partial charge in [-0.2, -0.15) is 13.2 Å². The molecule has 0 aliphatic carbocycles. The normalized spacial score (nSPS) is 12.5. The van der Waals surface area contributed by atoms with Crippen LogP contribution in [0, 0.1) is 0 Å². The highest BCUT2D eigenvalue weighted by Crippen LogP contribution is 2.37. The van der Waals surface area contributed by atoms with Crippen LogP contribution in [0.2, 0.25) is 0 Å². The molecule has 0 aromatic heterocycles. The van der Waals surface area contributed by atoms with Gasteiger partial charge in [0.2, 0.25) is 0 Å². The summed E-state index contributed by atoms with van der Waals surface area (Å²) in [7, 11) is 0. The van der Waals surface area contributed by atoms with Crippen molar-refractivity contribution >= 4 is 17.7 Å². The third-order valence-corrected chi connectivity index (χ3v) is 3.08. The van der Waals surface area contributed by atoms with Gasteiger partial charge in [-0.1, -0.05) is 12.1 Å². The molecule has 0 fully saturated rings. The van der Waals surface area contributed by atoms with Gasteiger partial charge in [-0.3, -0.25) is 4.79 Å². The first-order valence-corrected chi connectivity index (χ1v) is 5.54. The van der Waals surface area contributed by atoms with E-state index in [1.54, 1.807) is 0 Å². The molecular weight excluding hydrogens is 253 g/mol. The van der Waals surface area contributed by atoms with Crippen molar-refractivity contribution in [3.8, 4) is 0 Å². The van der Waals surface area contributed by atoms with Gasteiger partial charge in [-0.25, -0.2) is 0 Å². The van der Waals surface area contributed by atoms with E-state index in [2.05, 4.69) is 0 Å². The highest BCUT2D eigenvalue weighted by molar-refractivity contribution is 8.00. The summed E-state index contributed by atoms with van der Waals surface area (Å²) in [4.78, 5) is 11.0. The van der Waals surface area contributed by atoms with Crippen LogP contribution in [-0.2, 0) is 10.2 Å². The fourth-order valence-electron chi connectivity index (χ4n) is 1.20. The summed E-state index contributed by atoms with van der Waals surface area (Å²) in [5.74, 6) is -1.02. The lowest BCUT2D eigenvalue weighted by molar-refractivity contribution is -0.142. The second-order valence-electron chi connectivity index (χ2n) is 4.00. The van der Waals surface area contributed by atoms with E-state index in [0.717, 1.165) is 0 Å². The van der Waals surface area contributed by atoms with Crippen molar-refractivity contribution in [2.75, 3.05) is 0 Å². The van der Waals surface area contributed by atoms with Crippen LogP contribution in [-0.4, -0.2) is 16.6 Å². The third-order valence-electron chi connectivity index (χ3n) is 2.34. The van der Waals surface area contributed by atoms with E-state index in [0.29, 0.717) is 5.56 Å². The van der Waals surface area contributed by atoms with Crippen LogP contribution in [0.5, 0.6) is 0 Å². The minimum atomic E-state index is -4.33. The van der Waals surface area contributed by atoms with E-state index in [4.69, 9.17) is 5.11 Å². The van der Waals surface area contributed by atoms with E-state index < -0.39 is 16.9 Å². The molecule has 0 bridgehead atoms. The van der Waals surface area contributed by atoms with Crippen molar-refractivity contribution in [1.82, 2.24) is 0 Å². The van der Waals surface area contributed by atoms with Gasteiger partial charge in [0.1, 0.15) is 0 Å². The standard InChI is InChI=1S/C11H11F3O2S/c1-10(2,9(15)16)7-3-5-8(6-4-7)17-11(12,13)14/h3-6H,1-2H3,(H,15,16). The minimum Gasteiger partial charge on any atom is -0.481 e. The molecule has 0 amide bonds. The topological polar surface area (TPSA) is 37.3 Å². The van der Waals surface area contributed by atoms with Gasteiger partial charge in [0.15, 0.2) is 0 Å². The van der Waals surface area contributed by atoms with Gasteiger partial charge in [0.05, 0.1) is 5.41 Å². The second-order valence-corrected chi connectivity index (χ2v) is 5.14. The molecule has 1 rings (SSSR count). The third kappa shape index (κ3) is 3.66. The monoisotopic (exact) mass is 264 g/mol. The van der Waals surface area contributed by atoms with E-state index in [-0.39, 0.29) is 16.7 Å². The van der Waals surface area contributed by atoms with Crippen molar-refractivity contribution in [2.24, 2.45) is 0 Å². The predicted molar refractivity (Wildman–Crippen MR) is 59.0 cm³/mol. The molecule has 6 heteroatoms. The maximum Gasteiger partial charge on any atom is 0.446 e. The number of benzene rings is 1. The fraction of sp³-hybridized carbons (Fsp3) is 0.364. The fourth-order valence-corrected chi connectivity index (χ4v) is 1.74. The van der Waals surface area contributed by atoms with Crippen molar-refractivity contribution in [2.45, 2.75) is 29.7 Å². The molecule has 1 aromatic rings. The van der Waals surface area contributed by atoms with Gasteiger partial charge < -0.3 is 5.11 Å². The summed E-state index contributed by atoms with van der Waals surface area (Å²) in [6.45, 7) is 3.00. The summed E-state index contributed by atoms with van der Waals surface area (Å²) >= 11 is -0.219. The van der Waals surface area contributed by atoms with Crippen molar-refractivity contribution < 1.29 is 23.1 Å². The summed E-state index contributed by atoms with van der Waals surface area (Å²) < 4.78 is 36.2. The number of carboxylic acid groups (broad SMARTS) is 1. The van der Waals surface area contributed by atoms with Crippen LogP contribution >= 0.6 is 11.8 Å². The predicted octanol–water partition coefficient (Wildman–Crippen LogP) is 3.66. The van der Waals surface area contributed by atoms with E-state index in [1.807, 2.05) is 0 Å². The van der Waals surface area contributed by atoms with Gasteiger partial charge in [-0.15, -0.1) is 0 Å². The Morgan fingerprint density at radius 1 is 1.18 bits per heavy atom. The molecule has 0 saturated heterocycles. The van der Waals surface area contributed by atoms with Crippen LogP contribution in [0.3, 0.4) is 0 Å². The van der Waals surface area contributed by atoms with Crippen LogP contribution < -0.4 is 0 Å². The number of carbonyl (C=O) groups is 1. The quantitative estimate of drug-likeness (QED) is 0.846. The first-order valence-electron chi connectivity index (χ1n) is 4.72. The van der Waals surface area contributed by atoms with Gasteiger partial charge in [-0.05, 0) is 43.3 Å². The van der Waals surface area contributed by atoms with Crippen LogP contribution in [0.15, 0.2) is 29.2 Å². The maximum absolute atomic E-state index is 12.1. The van der Waals surface area contributed by atoms with E-state index in [1.165, 1.54) is 38.1 Å². The second kappa shape index (κ2) is 4.60. The molecule has 1 aromatic carbocycles. The first kappa shape index (κ1) is 13.9. The Morgan fingerprint density at radius 2 is 1.65 bits per heavy atom. The Balaban J connectivity index is 2.93. The zero-order valence-corrected chi connectivity index (χ0v) is 10.0. The molecule has 0 unspecified atom stereocenters. The summed E-state index contributed by atoms with van der Waals surface area (Å²) in [6.07, 6.45) is 0. The Kier molecular flexibility index (Phi) is 3.76.